The minimum Gasteiger partial charge on any atom is -0.481 e. The van der Waals surface area contributed by atoms with Crippen LogP contribution in [0.2, 0.25) is 0 Å². The average molecular weight is 423 g/mol. The van der Waals surface area contributed by atoms with Crippen molar-refractivity contribution in [2.24, 2.45) is 11.3 Å². The Hall–Kier alpha value is -0.610. The summed E-state index contributed by atoms with van der Waals surface area (Å²) in [4.78, 5) is 11.8. The number of carbonyl (C=O) groups is 1. The Labute approximate surface area is 184 Å². The van der Waals surface area contributed by atoms with E-state index in [4.69, 9.17) is 9.47 Å². The third-order valence-electron chi connectivity index (χ3n) is 7.82. The molecule has 6 atom stereocenters. The Balaban J connectivity index is 1.17. The zero-order valence-corrected chi connectivity index (χ0v) is 19.6. The summed E-state index contributed by atoms with van der Waals surface area (Å²) < 4.78 is 11.5. The first-order valence-electron chi connectivity index (χ1n) is 13.0. The van der Waals surface area contributed by atoms with Crippen LogP contribution in [0.4, 0.5) is 0 Å². The number of aliphatic carboxylic acids is 1. The summed E-state index contributed by atoms with van der Waals surface area (Å²) >= 11 is 0. The van der Waals surface area contributed by atoms with Gasteiger partial charge in [-0.3, -0.25) is 4.79 Å². The Kier molecular flexibility index (Phi) is 9.50. The SMILES string of the molecule is CCCCCCCCC1OC1CCCCCCC(CC1(C)CCC2OC2C1)C(=O)O. The monoisotopic (exact) mass is 422 g/mol. The van der Waals surface area contributed by atoms with E-state index in [1.54, 1.807) is 0 Å². The van der Waals surface area contributed by atoms with Gasteiger partial charge in [-0.25, -0.2) is 0 Å². The Morgan fingerprint density at radius 3 is 2.20 bits per heavy atom. The minimum absolute atomic E-state index is 0.162. The predicted octanol–water partition coefficient (Wildman–Crippen LogP) is 6.89. The third kappa shape index (κ3) is 8.15. The summed E-state index contributed by atoms with van der Waals surface area (Å²) in [5.41, 5.74) is 0.162. The summed E-state index contributed by atoms with van der Waals surface area (Å²) in [7, 11) is 0. The number of hydrogen-bond acceptors (Lipinski definition) is 3. The maximum absolute atomic E-state index is 11.8. The molecule has 2 heterocycles. The molecule has 3 rings (SSSR count). The zero-order valence-electron chi connectivity index (χ0n) is 19.6. The van der Waals surface area contributed by atoms with Crippen LogP contribution in [0.15, 0.2) is 0 Å². The number of carboxylic acids is 1. The van der Waals surface area contributed by atoms with Crippen molar-refractivity contribution in [3.63, 3.8) is 0 Å². The van der Waals surface area contributed by atoms with Crippen LogP contribution in [0.1, 0.15) is 123 Å². The van der Waals surface area contributed by atoms with Gasteiger partial charge in [-0.05, 0) is 50.4 Å². The van der Waals surface area contributed by atoms with Gasteiger partial charge in [0.1, 0.15) is 0 Å². The van der Waals surface area contributed by atoms with Gasteiger partial charge in [0.25, 0.3) is 0 Å². The van der Waals surface area contributed by atoms with Crippen LogP contribution in [0.5, 0.6) is 0 Å². The van der Waals surface area contributed by atoms with Gasteiger partial charge in [-0.1, -0.05) is 78.1 Å². The molecule has 0 aromatic carbocycles. The van der Waals surface area contributed by atoms with E-state index in [1.807, 2.05) is 0 Å². The fraction of sp³-hybridized carbons (Fsp3) is 0.962. The van der Waals surface area contributed by atoms with Gasteiger partial charge in [0.2, 0.25) is 0 Å². The number of ether oxygens (including phenoxy) is 2. The van der Waals surface area contributed by atoms with Crippen molar-refractivity contribution < 1.29 is 19.4 Å². The molecule has 0 radical (unpaired) electrons. The summed E-state index contributed by atoms with van der Waals surface area (Å²) in [6.45, 7) is 4.54. The summed E-state index contributed by atoms with van der Waals surface area (Å²) in [5, 5.41) is 9.69. The Bertz CT molecular complexity index is 521. The van der Waals surface area contributed by atoms with E-state index in [9.17, 15) is 9.90 Å². The van der Waals surface area contributed by atoms with E-state index in [2.05, 4.69) is 13.8 Å². The maximum Gasteiger partial charge on any atom is 0.306 e. The second-order valence-corrected chi connectivity index (χ2v) is 10.8. The van der Waals surface area contributed by atoms with Gasteiger partial charge >= 0.3 is 5.97 Å². The average Bonchev–Trinajstić information content (AvgIpc) is 3.62. The smallest absolute Gasteiger partial charge is 0.306 e. The first-order valence-corrected chi connectivity index (χ1v) is 13.0. The zero-order chi connectivity index (χ0) is 21.4. The van der Waals surface area contributed by atoms with Gasteiger partial charge in [-0.15, -0.1) is 0 Å². The highest BCUT2D eigenvalue weighted by Gasteiger charge is 2.49. The quantitative estimate of drug-likeness (QED) is 0.205. The van der Waals surface area contributed by atoms with Crippen LogP contribution in [-0.2, 0) is 14.3 Å². The highest BCUT2D eigenvalue weighted by Crippen LogP contribution is 2.49. The van der Waals surface area contributed by atoms with Crippen molar-refractivity contribution in [2.45, 2.75) is 147 Å². The molecule has 30 heavy (non-hydrogen) atoms. The van der Waals surface area contributed by atoms with Gasteiger partial charge in [0.05, 0.1) is 30.3 Å². The maximum atomic E-state index is 11.8. The fourth-order valence-corrected chi connectivity index (χ4v) is 5.69. The molecule has 4 heteroatoms. The number of rotatable bonds is 17. The summed E-state index contributed by atoms with van der Waals surface area (Å²) in [6, 6.07) is 0. The molecule has 3 aliphatic rings. The molecule has 3 fully saturated rings. The largest absolute Gasteiger partial charge is 0.481 e. The van der Waals surface area contributed by atoms with Crippen LogP contribution in [0.25, 0.3) is 0 Å². The molecule has 0 aromatic heterocycles. The fourth-order valence-electron chi connectivity index (χ4n) is 5.69. The number of epoxide rings is 2. The van der Waals surface area contributed by atoms with Crippen LogP contribution in [0.3, 0.4) is 0 Å². The van der Waals surface area contributed by atoms with E-state index in [-0.39, 0.29) is 11.3 Å². The topological polar surface area (TPSA) is 62.4 Å². The molecule has 1 N–H and O–H groups in total. The highest BCUT2D eigenvalue weighted by molar-refractivity contribution is 5.70. The lowest BCUT2D eigenvalue weighted by Crippen LogP contribution is -2.30. The molecule has 0 spiro atoms. The van der Waals surface area contributed by atoms with Crippen LogP contribution in [0, 0.1) is 11.3 Å². The molecule has 2 saturated heterocycles. The van der Waals surface area contributed by atoms with E-state index >= 15 is 0 Å². The molecule has 174 valence electrons. The van der Waals surface area contributed by atoms with Crippen molar-refractivity contribution >= 4 is 5.97 Å². The van der Waals surface area contributed by atoms with E-state index in [1.165, 1.54) is 64.2 Å². The molecule has 0 aromatic rings. The molecular formula is C26H46O4. The summed E-state index contributed by atoms with van der Waals surface area (Å²) in [5.74, 6) is -0.780. The Morgan fingerprint density at radius 2 is 1.57 bits per heavy atom. The van der Waals surface area contributed by atoms with E-state index in [0.717, 1.165) is 44.9 Å². The molecule has 6 unspecified atom stereocenters. The molecule has 0 bridgehead atoms. The molecule has 0 amide bonds. The third-order valence-corrected chi connectivity index (χ3v) is 7.82. The first-order chi connectivity index (χ1) is 14.5. The molecule has 1 aliphatic carbocycles. The lowest BCUT2D eigenvalue weighted by atomic mass is 9.70. The van der Waals surface area contributed by atoms with Gasteiger partial charge in [-0.2, -0.15) is 0 Å². The van der Waals surface area contributed by atoms with Gasteiger partial charge in [0, 0.05) is 0 Å². The number of fused-ring (bicyclic) bond motifs is 1. The van der Waals surface area contributed by atoms with Crippen LogP contribution >= 0.6 is 0 Å². The second kappa shape index (κ2) is 11.9. The van der Waals surface area contributed by atoms with E-state index in [0.29, 0.717) is 24.4 Å². The number of unbranched alkanes of at least 4 members (excludes halogenated alkanes) is 8. The number of hydrogen-bond donors (Lipinski definition) is 1. The lowest BCUT2D eigenvalue weighted by Gasteiger charge is -2.34. The predicted molar refractivity (Wildman–Crippen MR) is 121 cm³/mol. The molecular weight excluding hydrogens is 376 g/mol. The normalized spacial score (nSPS) is 33.1. The van der Waals surface area contributed by atoms with Crippen LogP contribution in [-0.4, -0.2) is 35.5 Å². The van der Waals surface area contributed by atoms with Crippen molar-refractivity contribution in [3.05, 3.63) is 0 Å². The summed E-state index contributed by atoms with van der Waals surface area (Å²) in [6.07, 6.45) is 22.2. The van der Waals surface area contributed by atoms with Crippen LogP contribution < -0.4 is 0 Å². The van der Waals surface area contributed by atoms with Crippen molar-refractivity contribution in [1.82, 2.24) is 0 Å². The second-order valence-electron chi connectivity index (χ2n) is 10.8. The van der Waals surface area contributed by atoms with Crippen molar-refractivity contribution in [2.75, 3.05) is 0 Å². The van der Waals surface area contributed by atoms with E-state index < -0.39 is 5.97 Å². The minimum atomic E-state index is -0.598. The van der Waals surface area contributed by atoms with Crippen molar-refractivity contribution in [1.29, 1.82) is 0 Å². The molecule has 2 aliphatic heterocycles. The lowest BCUT2D eigenvalue weighted by molar-refractivity contribution is -0.143. The number of carboxylic acid groups (broad SMARTS) is 1. The van der Waals surface area contributed by atoms with Gasteiger partial charge in [0.15, 0.2) is 0 Å². The van der Waals surface area contributed by atoms with Crippen molar-refractivity contribution in [3.8, 4) is 0 Å². The highest BCUT2D eigenvalue weighted by atomic mass is 16.6. The Morgan fingerprint density at radius 1 is 0.933 bits per heavy atom. The standard InChI is InChI=1S/C26H46O4/c1-3-4-5-6-7-11-14-21-22(29-21)15-12-9-8-10-13-20(25(27)28)18-26(2)17-16-23-24(19-26)30-23/h20-24H,3-19H2,1-2H3,(H,27,28). The molecule has 4 nitrogen and oxygen atoms in total. The molecule has 1 saturated carbocycles. The first kappa shape index (κ1) is 24.0. The van der Waals surface area contributed by atoms with Gasteiger partial charge < -0.3 is 14.6 Å².